The van der Waals surface area contributed by atoms with Crippen LogP contribution in [0, 0.1) is 0 Å². The maximum atomic E-state index is 12.4. The lowest BCUT2D eigenvalue weighted by molar-refractivity contribution is -0.137. The number of halogens is 5. The van der Waals surface area contributed by atoms with Crippen molar-refractivity contribution >= 4 is 21.4 Å². The molecule has 0 radical (unpaired) electrons. The van der Waals surface area contributed by atoms with Gasteiger partial charge in [0.15, 0.2) is 0 Å². The second-order valence-electron chi connectivity index (χ2n) is 4.86. The predicted octanol–water partition coefficient (Wildman–Crippen LogP) is 3.95. The predicted molar refractivity (Wildman–Crippen MR) is 79.0 cm³/mol. The molecule has 0 aromatic heterocycles. The molecule has 2 rings (SSSR count). The van der Waals surface area contributed by atoms with Crippen LogP contribution in [-0.2, 0) is 16.0 Å². The van der Waals surface area contributed by atoms with Crippen molar-refractivity contribution in [1.29, 1.82) is 0 Å². The van der Waals surface area contributed by atoms with E-state index in [0.717, 1.165) is 48.5 Å². The molecule has 0 aliphatic rings. The molecule has 0 aliphatic carbocycles. The van der Waals surface area contributed by atoms with E-state index in [2.05, 4.69) is 5.32 Å². The van der Waals surface area contributed by atoms with Crippen LogP contribution in [0.15, 0.2) is 53.4 Å². The van der Waals surface area contributed by atoms with Gasteiger partial charge in [-0.3, -0.25) is 4.79 Å². The maximum Gasteiger partial charge on any atom is 0.416 e. The maximum absolute atomic E-state index is 12.4. The normalized spacial score (nSPS) is 12.2. The zero-order chi connectivity index (χ0) is 18.8. The van der Waals surface area contributed by atoms with Crippen LogP contribution in [0.1, 0.15) is 15.9 Å². The van der Waals surface area contributed by atoms with Crippen LogP contribution < -0.4 is 5.32 Å². The van der Waals surface area contributed by atoms with E-state index >= 15 is 0 Å². The topological polar surface area (TPSA) is 63.2 Å². The Bertz CT molecular complexity index is 860. The molecule has 0 heterocycles. The van der Waals surface area contributed by atoms with Crippen molar-refractivity contribution in [3.63, 3.8) is 0 Å². The van der Waals surface area contributed by atoms with E-state index in [9.17, 15) is 35.2 Å². The second kappa shape index (κ2) is 6.79. The first-order valence-electron chi connectivity index (χ1n) is 6.62. The minimum absolute atomic E-state index is 0.0480. The molecule has 0 saturated carbocycles. The van der Waals surface area contributed by atoms with Crippen molar-refractivity contribution < 1.29 is 35.2 Å². The zero-order valence-electron chi connectivity index (χ0n) is 12.2. The number of hydrogen-bond acceptors (Lipinski definition) is 3. The third-order valence-electron chi connectivity index (χ3n) is 3.15. The largest absolute Gasteiger partial charge is 0.416 e. The van der Waals surface area contributed by atoms with Gasteiger partial charge in [-0.05, 0) is 48.5 Å². The average Bonchev–Trinajstić information content (AvgIpc) is 2.54. The van der Waals surface area contributed by atoms with E-state index in [1.54, 1.807) is 0 Å². The van der Waals surface area contributed by atoms with Crippen molar-refractivity contribution in [3.05, 3.63) is 59.7 Å². The summed E-state index contributed by atoms with van der Waals surface area (Å²) in [5.74, 6) is -4.32. The van der Waals surface area contributed by atoms with Gasteiger partial charge in [0.1, 0.15) is 0 Å². The molecule has 0 saturated heterocycles. The Labute approximate surface area is 139 Å². The summed E-state index contributed by atoms with van der Waals surface area (Å²) in [6.45, 7) is 0. The summed E-state index contributed by atoms with van der Waals surface area (Å²) < 4.78 is 84.7. The molecule has 0 unspecified atom stereocenters. The Hall–Kier alpha value is -2.49. The molecule has 134 valence electrons. The third kappa shape index (κ3) is 4.32. The van der Waals surface area contributed by atoms with Crippen LogP contribution in [0.4, 0.5) is 27.6 Å². The van der Waals surface area contributed by atoms with Crippen LogP contribution >= 0.6 is 0 Å². The zero-order valence-corrected chi connectivity index (χ0v) is 13.0. The molecule has 0 bridgehead atoms. The van der Waals surface area contributed by atoms with Gasteiger partial charge in [-0.2, -0.15) is 22.0 Å². The fourth-order valence-corrected chi connectivity index (χ4v) is 2.57. The lowest BCUT2D eigenvalue weighted by Gasteiger charge is -2.09. The highest BCUT2D eigenvalue weighted by Crippen LogP contribution is 2.30. The molecule has 4 nitrogen and oxygen atoms in total. The average molecular weight is 379 g/mol. The molecular formula is C15H10F5NO3S. The van der Waals surface area contributed by atoms with Crippen LogP contribution in [0.5, 0.6) is 0 Å². The summed E-state index contributed by atoms with van der Waals surface area (Å²) in [6.07, 6.45) is -4.51. The molecule has 2 aromatic rings. The number of rotatable bonds is 4. The fraction of sp³-hybridized carbons (Fsp3) is 0.133. The van der Waals surface area contributed by atoms with E-state index in [1.807, 2.05) is 0 Å². The fourth-order valence-electron chi connectivity index (χ4n) is 1.84. The van der Waals surface area contributed by atoms with Gasteiger partial charge in [-0.15, -0.1) is 0 Å². The quantitative estimate of drug-likeness (QED) is 0.818. The van der Waals surface area contributed by atoms with E-state index in [1.165, 1.54) is 0 Å². The number of carbonyl (C=O) groups is 1. The van der Waals surface area contributed by atoms with Gasteiger partial charge >= 0.3 is 11.9 Å². The summed E-state index contributed by atoms with van der Waals surface area (Å²) >= 11 is 0. The lowest BCUT2D eigenvalue weighted by atomic mass is 10.2. The number of carbonyl (C=O) groups excluding carboxylic acids is 1. The minimum atomic E-state index is -4.77. The number of alkyl halides is 5. The molecular weight excluding hydrogens is 369 g/mol. The number of anilines is 1. The first-order chi connectivity index (χ1) is 11.5. The van der Waals surface area contributed by atoms with E-state index < -0.39 is 38.1 Å². The third-order valence-corrected chi connectivity index (χ3v) is 4.55. The Balaban J connectivity index is 2.14. The highest BCUT2D eigenvalue weighted by Gasteiger charge is 2.30. The SMILES string of the molecule is O=C(Nc1ccc(C(F)(F)F)cc1)c1ccc(S(=O)(=O)C(F)F)cc1. The summed E-state index contributed by atoms with van der Waals surface area (Å²) in [6, 6.07) is 7.42. The number of amides is 1. The molecule has 0 atom stereocenters. The highest BCUT2D eigenvalue weighted by molar-refractivity contribution is 7.91. The van der Waals surface area contributed by atoms with Gasteiger partial charge in [0, 0.05) is 11.3 Å². The summed E-state index contributed by atoms with van der Waals surface area (Å²) in [5.41, 5.74) is -0.845. The molecule has 10 heteroatoms. The molecule has 0 fully saturated rings. The Morgan fingerprint density at radius 2 is 1.44 bits per heavy atom. The van der Waals surface area contributed by atoms with Gasteiger partial charge in [0.2, 0.25) is 9.84 Å². The van der Waals surface area contributed by atoms with Crippen molar-refractivity contribution in [1.82, 2.24) is 0 Å². The number of benzene rings is 2. The van der Waals surface area contributed by atoms with Crippen LogP contribution in [0.25, 0.3) is 0 Å². The second-order valence-corrected chi connectivity index (χ2v) is 6.78. The van der Waals surface area contributed by atoms with E-state index in [-0.39, 0.29) is 11.3 Å². The molecule has 0 aliphatic heterocycles. The number of nitrogens with one attached hydrogen (secondary N) is 1. The Morgan fingerprint density at radius 1 is 0.920 bits per heavy atom. The van der Waals surface area contributed by atoms with Crippen molar-refractivity contribution in [2.45, 2.75) is 16.8 Å². The summed E-state index contributed by atoms with van der Waals surface area (Å²) in [7, 11) is -4.77. The molecule has 25 heavy (non-hydrogen) atoms. The standard InChI is InChI=1S/C15H10F5NO3S/c16-14(17)25(23,24)12-7-1-9(2-8-12)13(22)21-11-5-3-10(4-6-11)15(18,19)20/h1-8,14H,(H,21,22). The van der Waals surface area contributed by atoms with Gasteiger partial charge in [0.05, 0.1) is 10.5 Å². The van der Waals surface area contributed by atoms with Crippen molar-refractivity contribution in [3.8, 4) is 0 Å². The monoisotopic (exact) mass is 379 g/mol. The van der Waals surface area contributed by atoms with Gasteiger partial charge in [0.25, 0.3) is 5.91 Å². The first-order valence-corrected chi connectivity index (χ1v) is 8.17. The van der Waals surface area contributed by atoms with Crippen molar-refractivity contribution in [2.24, 2.45) is 0 Å². The molecule has 1 N–H and O–H groups in total. The molecule has 1 amide bonds. The first kappa shape index (κ1) is 18.8. The van der Waals surface area contributed by atoms with Crippen LogP contribution in [0.2, 0.25) is 0 Å². The number of hydrogen-bond donors (Lipinski definition) is 1. The Kier molecular flexibility index (Phi) is 5.12. The number of sulfone groups is 1. The molecule has 0 spiro atoms. The van der Waals surface area contributed by atoms with Gasteiger partial charge < -0.3 is 5.32 Å². The summed E-state index contributed by atoms with van der Waals surface area (Å²) in [5, 5.41) is 2.31. The molecule has 2 aromatic carbocycles. The summed E-state index contributed by atoms with van der Waals surface area (Å²) in [4.78, 5) is 11.3. The minimum Gasteiger partial charge on any atom is -0.322 e. The van der Waals surface area contributed by atoms with E-state index in [4.69, 9.17) is 0 Å². The van der Waals surface area contributed by atoms with Gasteiger partial charge in [-0.25, -0.2) is 8.42 Å². The van der Waals surface area contributed by atoms with Gasteiger partial charge in [-0.1, -0.05) is 0 Å². The van der Waals surface area contributed by atoms with Crippen molar-refractivity contribution in [2.75, 3.05) is 5.32 Å². The van der Waals surface area contributed by atoms with Crippen LogP contribution in [-0.4, -0.2) is 20.1 Å². The smallest absolute Gasteiger partial charge is 0.322 e. The van der Waals surface area contributed by atoms with Crippen LogP contribution in [0.3, 0.4) is 0 Å². The highest BCUT2D eigenvalue weighted by atomic mass is 32.2. The lowest BCUT2D eigenvalue weighted by Crippen LogP contribution is -2.14. The Morgan fingerprint density at radius 3 is 1.88 bits per heavy atom. The van der Waals surface area contributed by atoms with E-state index in [0.29, 0.717) is 0 Å².